The lowest BCUT2D eigenvalue weighted by molar-refractivity contribution is 0.645. The third-order valence-corrected chi connectivity index (χ3v) is 6.14. The van der Waals surface area contributed by atoms with Crippen LogP contribution in [0, 0.1) is 0 Å². The molecule has 0 bridgehead atoms. The van der Waals surface area contributed by atoms with E-state index in [0.29, 0.717) is 5.92 Å². The maximum Gasteiger partial charge on any atom is 0.0583 e. The molecule has 28 heavy (non-hydrogen) atoms. The molecule has 0 amide bonds. The first-order valence-electron chi connectivity index (χ1n) is 10.5. The van der Waals surface area contributed by atoms with E-state index < -0.39 is 0 Å². The first kappa shape index (κ1) is 17.2. The van der Waals surface area contributed by atoms with E-state index in [4.69, 9.17) is 5.10 Å². The summed E-state index contributed by atoms with van der Waals surface area (Å²) in [6.45, 7) is 0.778. The van der Waals surface area contributed by atoms with Gasteiger partial charge in [0.1, 0.15) is 0 Å². The largest absolute Gasteiger partial charge is 0.306 e. The molecule has 2 aliphatic rings. The van der Waals surface area contributed by atoms with Gasteiger partial charge in [0.15, 0.2) is 0 Å². The second-order valence-corrected chi connectivity index (χ2v) is 7.88. The molecule has 0 aliphatic heterocycles. The molecule has 0 radical (unpaired) electrons. The van der Waals surface area contributed by atoms with Gasteiger partial charge >= 0.3 is 0 Å². The highest BCUT2D eigenvalue weighted by atomic mass is 15.3. The van der Waals surface area contributed by atoms with Gasteiger partial charge in [0.25, 0.3) is 0 Å². The Labute approximate surface area is 167 Å². The smallest absolute Gasteiger partial charge is 0.0583 e. The maximum absolute atomic E-state index is 4.70. The average molecular weight is 367 g/mol. The molecule has 0 heterocycles. The molecule has 0 saturated heterocycles. The van der Waals surface area contributed by atoms with Crippen molar-refractivity contribution >= 4 is 5.71 Å². The number of hydrogen-bond acceptors (Lipinski definition) is 2. The van der Waals surface area contributed by atoms with Gasteiger partial charge in [-0.2, -0.15) is 5.10 Å². The highest BCUT2D eigenvalue weighted by Gasteiger charge is 2.30. The molecule has 3 aromatic carbocycles. The fourth-order valence-corrected chi connectivity index (χ4v) is 4.78. The second kappa shape index (κ2) is 7.63. The zero-order chi connectivity index (χ0) is 18.8. The van der Waals surface area contributed by atoms with E-state index in [2.05, 4.69) is 78.2 Å². The Bertz CT molecular complexity index is 965. The van der Waals surface area contributed by atoms with Gasteiger partial charge in [-0.3, -0.25) is 0 Å². The van der Waals surface area contributed by atoms with Crippen molar-refractivity contribution in [2.24, 2.45) is 5.10 Å². The van der Waals surface area contributed by atoms with Gasteiger partial charge in [-0.1, -0.05) is 79.2 Å². The number of benzene rings is 3. The zero-order valence-electron chi connectivity index (χ0n) is 16.2. The minimum absolute atomic E-state index is 0.299. The van der Waals surface area contributed by atoms with Crippen LogP contribution in [0.1, 0.15) is 60.3 Å². The van der Waals surface area contributed by atoms with Crippen molar-refractivity contribution in [3.05, 3.63) is 95.1 Å². The van der Waals surface area contributed by atoms with Gasteiger partial charge in [0.2, 0.25) is 0 Å². The Morgan fingerprint density at radius 1 is 0.679 bits per heavy atom. The second-order valence-electron chi connectivity index (χ2n) is 7.88. The van der Waals surface area contributed by atoms with Crippen molar-refractivity contribution in [2.75, 3.05) is 0 Å². The summed E-state index contributed by atoms with van der Waals surface area (Å²) in [4.78, 5) is 0. The molecular formula is C26H26N2. The standard InChI is InChI=1S/C26H26N2/c1-2-11-20(12-3-1)28-27-18-19-10-4-5-13-21(19)26-24-16-8-6-14-22(24)23-15-7-9-17-25(23)26/h4-10,13-17,26-27H,1-3,11-12,18H2. The summed E-state index contributed by atoms with van der Waals surface area (Å²) in [7, 11) is 0. The first-order chi connectivity index (χ1) is 13.9. The third-order valence-electron chi connectivity index (χ3n) is 6.14. The van der Waals surface area contributed by atoms with Crippen LogP contribution in [0.4, 0.5) is 0 Å². The van der Waals surface area contributed by atoms with E-state index in [1.807, 2.05) is 0 Å². The van der Waals surface area contributed by atoms with Crippen molar-refractivity contribution in [2.45, 2.75) is 44.6 Å². The van der Waals surface area contributed by atoms with Gasteiger partial charge in [-0.25, -0.2) is 0 Å². The molecule has 1 saturated carbocycles. The predicted molar refractivity (Wildman–Crippen MR) is 117 cm³/mol. The van der Waals surface area contributed by atoms with E-state index in [-0.39, 0.29) is 0 Å². The van der Waals surface area contributed by atoms with Gasteiger partial charge in [0.05, 0.1) is 6.54 Å². The Hall–Kier alpha value is -2.87. The Morgan fingerprint density at radius 3 is 1.93 bits per heavy atom. The number of nitrogens with one attached hydrogen (secondary N) is 1. The minimum Gasteiger partial charge on any atom is -0.306 e. The fourth-order valence-electron chi connectivity index (χ4n) is 4.78. The first-order valence-corrected chi connectivity index (χ1v) is 10.5. The highest BCUT2D eigenvalue weighted by molar-refractivity contribution is 5.84. The lowest BCUT2D eigenvalue weighted by Crippen LogP contribution is -2.14. The monoisotopic (exact) mass is 366 g/mol. The lowest BCUT2D eigenvalue weighted by atomic mass is 9.86. The van der Waals surface area contributed by atoms with Crippen LogP contribution >= 0.6 is 0 Å². The summed E-state index contributed by atoms with van der Waals surface area (Å²) >= 11 is 0. The summed E-state index contributed by atoms with van der Waals surface area (Å²) < 4.78 is 0. The zero-order valence-corrected chi connectivity index (χ0v) is 16.2. The number of rotatable bonds is 4. The van der Waals surface area contributed by atoms with Crippen molar-refractivity contribution in [1.82, 2.24) is 5.43 Å². The van der Waals surface area contributed by atoms with Crippen molar-refractivity contribution in [3.8, 4) is 11.1 Å². The van der Waals surface area contributed by atoms with Crippen molar-refractivity contribution in [3.63, 3.8) is 0 Å². The molecule has 5 rings (SSSR count). The molecular weight excluding hydrogens is 340 g/mol. The van der Waals surface area contributed by atoms with E-state index in [1.165, 1.54) is 58.4 Å². The van der Waals surface area contributed by atoms with Gasteiger partial charge in [-0.05, 0) is 59.1 Å². The SMILES string of the molecule is c1ccc(C2c3ccccc3-c3ccccc32)c(CNN=C2CCCCC2)c1. The summed E-state index contributed by atoms with van der Waals surface area (Å²) in [5.74, 6) is 0.299. The van der Waals surface area contributed by atoms with E-state index in [9.17, 15) is 0 Å². The summed E-state index contributed by atoms with van der Waals surface area (Å²) in [5.41, 5.74) is 13.0. The molecule has 1 N–H and O–H groups in total. The quantitative estimate of drug-likeness (QED) is 0.424. The van der Waals surface area contributed by atoms with Crippen LogP contribution in [0.15, 0.2) is 77.9 Å². The Morgan fingerprint density at radius 2 is 1.25 bits per heavy atom. The molecule has 0 atom stereocenters. The van der Waals surface area contributed by atoms with Crippen molar-refractivity contribution < 1.29 is 0 Å². The molecule has 1 fully saturated rings. The average Bonchev–Trinajstić information content (AvgIpc) is 3.09. The molecule has 2 heteroatoms. The third kappa shape index (κ3) is 3.13. The Balaban J connectivity index is 1.49. The normalized spacial score (nSPS) is 15.8. The van der Waals surface area contributed by atoms with Gasteiger partial charge in [-0.15, -0.1) is 0 Å². The highest BCUT2D eigenvalue weighted by Crippen LogP contribution is 2.48. The molecule has 2 aliphatic carbocycles. The van der Waals surface area contributed by atoms with Crippen LogP contribution in [-0.4, -0.2) is 5.71 Å². The fraction of sp³-hybridized carbons (Fsp3) is 0.269. The van der Waals surface area contributed by atoms with Crippen LogP contribution in [0.2, 0.25) is 0 Å². The molecule has 2 nitrogen and oxygen atoms in total. The molecule has 0 aromatic heterocycles. The number of fused-ring (bicyclic) bond motifs is 3. The maximum atomic E-state index is 4.70. The van der Waals surface area contributed by atoms with E-state index in [1.54, 1.807) is 0 Å². The molecule has 140 valence electrons. The Kier molecular flexibility index (Phi) is 4.70. The topological polar surface area (TPSA) is 24.4 Å². The van der Waals surface area contributed by atoms with Gasteiger partial charge < -0.3 is 5.43 Å². The number of hydrazone groups is 1. The molecule has 0 unspecified atom stereocenters. The predicted octanol–water partition coefficient (Wildman–Crippen LogP) is 6.26. The van der Waals surface area contributed by atoms with Crippen LogP contribution in [0.3, 0.4) is 0 Å². The number of nitrogens with zero attached hydrogens (tertiary/aromatic N) is 1. The van der Waals surface area contributed by atoms with Gasteiger partial charge in [0, 0.05) is 11.6 Å². The van der Waals surface area contributed by atoms with E-state index >= 15 is 0 Å². The van der Waals surface area contributed by atoms with Crippen molar-refractivity contribution in [1.29, 1.82) is 0 Å². The lowest BCUT2D eigenvalue weighted by Gasteiger charge is -2.19. The number of hydrogen-bond donors (Lipinski definition) is 1. The van der Waals surface area contributed by atoms with E-state index in [0.717, 1.165) is 19.4 Å². The van der Waals surface area contributed by atoms with Crippen LogP contribution in [0.25, 0.3) is 11.1 Å². The minimum atomic E-state index is 0.299. The summed E-state index contributed by atoms with van der Waals surface area (Å²) in [6, 6.07) is 26.5. The van der Waals surface area contributed by atoms with Crippen LogP contribution < -0.4 is 5.43 Å². The summed E-state index contributed by atoms with van der Waals surface area (Å²) in [6.07, 6.45) is 6.22. The molecule has 3 aromatic rings. The van der Waals surface area contributed by atoms with Crippen LogP contribution in [-0.2, 0) is 6.54 Å². The van der Waals surface area contributed by atoms with Crippen LogP contribution in [0.5, 0.6) is 0 Å². The molecule has 0 spiro atoms. The summed E-state index contributed by atoms with van der Waals surface area (Å²) in [5, 5.41) is 4.70.